The first kappa shape index (κ1) is 13.3. The van der Waals surface area contributed by atoms with Gasteiger partial charge < -0.3 is 5.32 Å². The molecule has 1 unspecified atom stereocenters. The second-order valence-corrected chi connectivity index (χ2v) is 6.01. The summed E-state index contributed by atoms with van der Waals surface area (Å²) >= 11 is 1.82. The molecule has 2 heterocycles. The molecule has 2 aromatic heterocycles. The van der Waals surface area contributed by atoms with Crippen molar-refractivity contribution in [2.24, 2.45) is 13.0 Å². The summed E-state index contributed by atoms with van der Waals surface area (Å²) in [6, 6.07) is 4.75. The number of thiophene rings is 1. The molecular formula is C14H21N3S. The summed E-state index contributed by atoms with van der Waals surface area (Å²) in [5, 5.41) is 10.2. The molecule has 0 aliphatic rings. The SMILES string of the molecule is Cc1nn(C)cc1CNC(c1cccs1)C(C)C. The molecule has 1 atom stereocenters. The van der Waals surface area contributed by atoms with Crippen molar-refractivity contribution in [1.29, 1.82) is 0 Å². The molecule has 0 saturated heterocycles. The normalized spacial score (nSPS) is 13.2. The fraction of sp³-hybridized carbons (Fsp3) is 0.500. The van der Waals surface area contributed by atoms with Crippen LogP contribution >= 0.6 is 11.3 Å². The molecule has 3 nitrogen and oxygen atoms in total. The van der Waals surface area contributed by atoms with E-state index in [1.54, 1.807) is 0 Å². The first-order valence-corrected chi connectivity index (χ1v) is 7.22. The minimum atomic E-state index is 0.421. The molecule has 0 spiro atoms. The average molecular weight is 263 g/mol. The van der Waals surface area contributed by atoms with E-state index in [1.807, 2.05) is 23.1 Å². The third-order valence-electron chi connectivity index (χ3n) is 3.14. The van der Waals surface area contributed by atoms with Gasteiger partial charge in [0, 0.05) is 36.3 Å². The Balaban J connectivity index is 2.05. The molecule has 2 aromatic rings. The largest absolute Gasteiger partial charge is 0.305 e. The Hall–Kier alpha value is -1.13. The van der Waals surface area contributed by atoms with Gasteiger partial charge in [0.25, 0.3) is 0 Å². The van der Waals surface area contributed by atoms with Crippen LogP contribution in [0.25, 0.3) is 0 Å². The van der Waals surface area contributed by atoms with Crippen molar-refractivity contribution in [2.45, 2.75) is 33.4 Å². The van der Waals surface area contributed by atoms with Crippen molar-refractivity contribution in [3.05, 3.63) is 39.8 Å². The molecule has 0 bridgehead atoms. The third-order valence-corrected chi connectivity index (χ3v) is 4.10. The Morgan fingerprint density at radius 2 is 2.22 bits per heavy atom. The van der Waals surface area contributed by atoms with Crippen LogP contribution in [-0.4, -0.2) is 9.78 Å². The van der Waals surface area contributed by atoms with Crippen LogP contribution in [-0.2, 0) is 13.6 Å². The average Bonchev–Trinajstić information content (AvgIpc) is 2.89. The van der Waals surface area contributed by atoms with Crippen molar-refractivity contribution in [3.63, 3.8) is 0 Å². The first-order valence-electron chi connectivity index (χ1n) is 6.34. The van der Waals surface area contributed by atoms with Gasteiger partial charge in [0.2, 0.25) is 0 Å². The van der Waals surface area contributed by atoms with E-state index in [4.69, 9.17) is 0 Å². The van der Waals surface area contributed by atoms with Crippen molar-refractivity contribution in [2.75, 3.05) is 0 Å². The quantitative estimate of drug-likeness (QED) is 0.897. The lowest BCUT2D eigenvalue weighted by atomic mass is 10.0. The summed E-state index contributed by atoms with van der Waals surface area (Å²) in [6.45, 7) is 7.45. The number of hydrogen-bond acceptors (Lipinski definition) is 3. The van der Waals surface area contributed by atoms with Crippen molar-refractivity contribution in [1.82, 2.24) is 15.1 Å². The lowest BCUT2D eigenvalue weighted by Crippen LogP contribution is -2.24. The summed E-state index contributed by atoms with van der Waals surface area (Å²) in [6.07, 6.45) is 2.09. The highest BCUT2D eigenvalue weighted by atomic mass is 32.1. The van der Waals surface area contributed by atoms with Crippen LogP contribution in [0.3, 0.4) is 0 Å². The van der Waals surface area contributed by atoms with Crippen molar-refractivity contribution in [3.8, 4) is 0 Å². The molecule has 0 aliphatic carbocycles. The van der Waals surface area contributed by atoms with E-state index < -0.39 is 0 Å². The van der Waals surface area contributed by atoms with E-state index in [0.29, 0.717) is 12.0 Å². The fourth-order valence-corrected chi connectivity index (χ4v) is 3.15. The lowest BCUT2D eigenvalue weighted by Gasteiger charge is -2.21. The number of nitrogens with one attached hydrogen (secondary N) is 1. The van der Waals surface area contributed by atoms with E-state index >= 15 is 0 Å². The van der Waals surface area contributed by atoms with Crippen LogP contribution in [0.4, 0.5) is 0 Å². The maximum absolute atomic E-state index is 4.38. The van der Waals surface area contributed by atoms with E-state index in [9.17, 15) is 0 Å². The molecule has 18 heavy (non-hydrogen) atoms. The van der Waals surface area contributed by atoms with Gasteiger partial charge in [0.05, 0.1) is 5.69 Å². The van der Waals surface area contributed by atoms with E-state index in [0.717, 1.165) is 12.2 Å². The van der Waals surface area contributed by atoms with Gasteiger partial charge in [-0.1, -0.05) is 19.9 Å². The van der Waals surface area contributed by atoms with Crippen LogP contribution < -0.4 is 5.32 Å². The summed E-state index contributed by atoms with van der Waals surface area (Å²) < 4.78 is 1.88. The molecule has 0 saturated carbocycles. The topological polar surface area (TPSA) is 29.9 Å². The maximum Gasteiger partial charge on any atom is 0.0638 e. The molecule has 2 rings (SSSR count). The van der Waals surface area contributed by atoms with Crippen molar-refractivity contribution >= 4 is 11.3 Å². The van der Waals surface area contributed by atoms with Crippen LogP contribution in [0.2, 0.25) is 0 Å². The van der Waals surface area contributed by atoms with Crippen molar-refractivity contribution < 1.29 is 0 Å². The molecule has 0 radical (unpaired) electrons. The number of aromatic nitrogens is 2. The Labute approximate surface area is 113 Å². The number of nitrogens with zero attached hydrogens (tertiary/aromatic N) is 2. The summed E-state index contributed by atoms with van der Waals surface area (Å²) in [5.41, 5.74) is 2.39. The highest BCUT2D eigenvalue weighted by Crippen LogP contribution is 2.26. The summed E-state index contributed by atoms with van der Waals surface area (Å²) in [4.78, 5) is 1.41. The minimum Gasteiger partial charge on any atom is -0.305 e. The second kappa shape index (κ2) is 5.67. The Morgan fingerprint density at radius 3 is 2.72 bits per heavy atom. The zero-order valence-electron chi connectivity index (χ0n) is 11.5. The monoisotopic (exact) mass is 263 g/mol. The van der Waals surface area contributed by atoms with Gasteiger partial charge in [-0.15, -0.1) is 11.3 Å². The van der Waals surface area contributed by atoms with Gasteiger partial charge in [0.15, 0.2) is 0 Å². The van der Waals surface area contributed by atoms with Crippen LogP contribution in [0.1, 0.15) is 36.0 Å². The fourth-order valence-electron chi connectivity index (χ4n) is 2.18. The molecule has 0 fully saturated rings. The Bertz CT molecular complexity index is 485. The molecule has 0 amide bonds. The molecule has 98 valence electrons. The van der Waals surface area contributed by atoms with E-state index in [2.05, 4.69) is 54.9 Å². The number of hydrogen-bond donors (Lipinski definition) is 1. The molecule has 0 aromatic carbocycles. The molecular weight excluding hydrogens is 242 g/mol. The van der Waals surface area contributed by atoms with Crippen LogP contribution in [0.5, 0.6) is 0 Å². The predicted molar refractivity (Wildman–Crippen MR) is 76.7 cm³/mol. The smallest absolute Gasteiger partial charge is 0.0638 e. The number of rotatable bonds is 5. The molecule has 0 aliphatic heterocycles. The first-order chi connectivity index (χ1) is 8.58. The highest BCUT2D eigenvalue weighted by molar-refractivity contribution is 7.10. The zero-order chi connectivity index (χ0) is 13.1. The summed E-state index contributed by atoms with van der Waals surface area (Å²) in [5.74, 6) is 0.584. The van der Waals surface area contributed by atoms with Gasteiger partial charge >= 0.3 is 0 Å². The van der Waals surface area contributed by atoms with Gasteiger partial charge in [-0.25, -0.2) is 0 Å². The minimum absolute atomic E-state index is 0.421. The van der Waals surface area contributed by atoms with Gasteiger partial charge in [-0.05, 0) is 24.3 Å². The van der Waals surface area contributed by atoms with Crippen LogP contribution in [0.15, 0.2) is 23.7 Å². The Kier molecular flexibility index (Phi) is 4.19. The van der Waals surface area contributed by atoms with Gasteiger partial charge in [-0.3, -0.25) is 4.68 Å². The van der Waals surface area contributed by atoms with Gasteiger partial charge in [0.1, 0.15) is 0 Å². The second-order valence-electron chi connectivity index (χ2n) is 5.03. The standard InChI is InChI=1S/C14H21N3S/c1-10(2)14(13-6-5-7-18-13)15-8-12-9-17(4)16-11(12)3/h5-7,9-10,14-15H,8H2,1-4H3. The van der Waals surface area contributed by atoms with E-state index in [1.165, 1.54) is 10.4 Å². The third kappa shape index (κ3) is 3.00. The Morgan fingerprint density at radius 1 is 1.44 bits per heavy atom. The molecule has 1 N–H and O–H groups in total. The van der Waals surface area contributed by atoms with Crippen LogP contribution in [0, 0.1) is 12.8 Å². The maximum atomic E-state index is 4.38. The summed E-state index contributed by atoms with van der Waals surface area (Å²) in [7, 11) is 1.97. The molecule has 4 heteroatoms. The zero-order valence-corrected chi connectivity index (χ0v) is 12.3. The predicted octanol–water partition coefficient (Wildman–Crippen LogP) is 3.28. The van der Waals surface area contributed by atoms with Gasteiger partial charge in [-0.2, -0.15) is 5.10 Å². The van der Waals surface area contributed by atoms with E-state index in [-0.39, 0.29) is 0 Å². The lowest BCUT2D eigenvalue weighted by molar-refractivity contribution is 0.416. The number of aryl methyl sites for hydroxylation is 2. The highest BCUT2D eigenvalue weighted by Gasteiger charge is 2.16.